The number of nitrogens with one attached hydrogen (secondary N) is 1. The van der Waals surface area contributed by atoms with Gasteiger partial charge in [-0.05, 0) is 13.3 Å². The van der Waals surface area contributed by atoms with Crippen molar-refractivity contribution in [2.75, 3.05) is 39.3 Å². The molecule has 1 aromatic rings. The molecule has 0 aliphatic carbocycles. The van der Waals surface area contributed by atoms with E-state index in [1.165, 1.54) is 6.20 Å². The van der Waals surface area contributed by atoms with E-state index < -0.39 is 0 Å². The molecule has 1 N–H and O–H groups in total. The summed E-state index contributed by atoms with van der Waals surface area (Å²) in [5, 5.41) is 2.92. The van der Waals surface area contributed by atoms with E-state index in [1.807, 2.05) is 6.92 Å². The van der Waals surface area contributed by atoms with Crippen molar-refractivity contribution in [3.05, 3.63) is 23.8 Å². The quantitative estimate of drug-likeness (QED) is 0.771. The van der Waals surface area contributed by atoms with Crippen LogP contribution in [0.3, 0.4) is 0 Å². The first kappa shape index (κ1) is 17.3. The number of hydrogen-bond donors (Lipinski definition) is 1. The van der Waals surface area contributed by atoms with Crippen molar-refractivity contribution < 1.29 is 9.59 Å². The highest BCUT2D eigenvalue weighted by atomic mass is 16.2. The van der Waals surface area contributed by atoms with E-state index in [0.717, 1.165) is 25.1 Å². The molecule has 0 saturated carbocycles. The molecule has 0 bridgehead atoms. The Morgan fingerprint density at radius 2 is 1.91 bits per heavy atom. The lowest BCUT2D eigenvalue weighted by Crippen LogP contribution is -2.51. The number of aromatic nitrogens is 2. The van der Waals surface area contributed by atoms with Crippen LogP contribution >= 0.6 is 0 Å². The number of nitrogens with zero attached hydrogens (tertiary/aromatic N) is 4. The van der Waals surface area contributed by atoms with Gasteiger partial charge in [0.2, 0.25) is 5.91 Å². The third kappa shape index (κ3) is 5.28. The summed E-state index contributed by atoms with van der Waals surface area (Å²) < 4.78 is 0. The lowest BCUT2D eigenvalue weighted by molar-refractivity contribution is -0.122. The molecule has 0 radical (unpaired) electrons. The van der Waals surface area contributed by atoms with Gasteiger partial charge in [0.05, 0.1) is 18.4 Å². The molecule has 2 amide bonds. The fourth-order valence-corrected chi connectivity index (χ4v) is 2.44. The SMILES string of the molecule is CCCCNC(=O)CN1CCN(C(=O)c2cnc(C)cn2)CC1. The second-order valence-corrected chi connectivity index (χ2v) is 5.81. The van der Waals surface area contributed by atoms with Gasteiger partial charge < -0.3 is 10.2 Å². The molecule has 0 atom stereocenters. The highest BCUT2D eigenvalue weighted by molar-refractivity contribution is 5.92. The number of rotatable bonds is 6. The Bertz CT molecular complexity index is 524. The molecule has 2 rings (SSSR count). The van der Waals surface area contributed by atoms with Gasteiger partial charge in [-0.25, -0.2) is 4.98 Å². The van der Waals surface area contributed by atoms with E-state index in [0.29, 0.717) is 38.4 Å². The number of piperazine rings is 1. The van der Waals surface area contributed by atoms with Crippen molar-refractivity contribution in [2.24, 2.45) is 0 Å². The first-order valence-corrected chi connectivity index (χ1v) is 8.17. The molecule has 0 aromatic carbocycles. The lowest BCUT2D eigenvalue weighted by Gasteiger charge is -2.34. The third-order valence-corrected chi connectivity index (χ3v) is 3.88. The molecule has 0 spiro atoms. The van der Waals surface area contributed by atoms with Gasteiger partial charge in [0.15, 0.2) is 0 Å². The highest BCUT2D eigenvalue weighted by Gasteiger charge is 2.24. The Labute approximate surface area is 137 Å². The number of carbonyl (C=O) groups is 2. The summed E-state index contributed by atoms with van der Waals surface area (Å²) in [7, 11) is 0. The summed E-state index contributed by atoms with van der Waals surface area (Å²) in [4.78, 5) is 36.2. The minimum atomic E-state index is -0.0930. The van der Waals surface area contributed by atoms with Crippen molar-refractivity contribution in [2.45, 2.75) is 26.7 Å². The van der Waals surface area contributed by atoms with Crippen LogP contribution in [0.25, 0.3) is 0 Å². The molecule has 7 heteroatoms. The molecule has 126 valence electrons. The second kappa shape index (κ2) is 8.57. The van der Waals surface area contributed by atoms with Crippen molar-refractivity contribution in [3.63, 3.8) is 0 Å². The number of aryl methyl sites for hydroxylation is 1. The van der Waals surface area contributed by atoms with Crippen LogP contribution in [0.5, 0.6) is 0 Å². The summed E-state index contributed by atoms with van der Waals surface area (Å²) in [6.45, 7) is 7.69. The molecule has 23 heavy (non-hydrogen) atoms. The van der Waals surface area contributed by atoms with E-state index in [2.05, 4.69) is 27.1 Å². The average molecular weight is 319 g/mol. The van der Waals surface area contributed by atoms with Gasteiger partial charge in [-0.3, -0.25) is 19.5 Å². The molecular weight excluding hydrogens is 294 g/mol. The van der Waals surface area contributed by atoms with Gasteiger partial charge in [-0.2, -0.15) is 0 Å². The van der Waals surface area contributed by atoms with E-state index in [4.69, 9.17) is 0 Å². The van der Waals surface area contributed by atoms with Gasteiger partial charge in [-0.15, -0.1) is 0 Å². The first-order chi connectivity index (χ1) is 11.1. The fraction of sp³-hybridized carbons (Fsp3) is 0.625. The standard InChI is InChI=1S/C16H25N5O2/c1-3-4-5-17-15(22)12-20-6-8-21(9-7-20)16(23)14-11-18-13(2)10-19-14/h10-11H,3-9,12H2,1-2H3,(H,17,22). The van der Waals surface area contributed by atoms with Crippen LogP contribution in [-0.2, 0) is 4.79 Å². The largest absolute Gasteiger partial charge is 0.355 e. The molecule has 1 saturated heterocycles. The smallest absolute Gasteiger partial charge is 0.274 e. The molecule has 2 heterocycles. The first-order valence-electron chi connectivity index (χ1n) is 8.17. The van der Waals surface area contributed by atoms with Gasteiger partial charge >= 0.3 is 0 Å². The summed E-state index contributed by atoms with van der Waals surface area (Å²) in [6.07, 6.45) is 5.20. The molecule has 1 fully saturated rings. The van der Waals surface area contributed by atoms with Crippen molar-refractivity contribution in [3.8, 4) is 0 Å². The predicted octanol–water partition coefficient (Wildman–Crippen LogP) is 0.459. The zero-order valence-electron chi connectivity index (χ0n) is 13.9. The van der Waals surface area contributed by atoms with E-state index >= 15 is 0 Å². The molecular formula is C16H25N5O2. The summed E-state index contributed by atoms with van der Waals surface area (Å²) >= 11 is 0. The predicted molar refractivity (Wildman–Crippen MR) is 87.0 cm³/mol. The minimum absolute atomic E-state index is 0.0580. The van der Waals surface area contributed by atoms with Crippen LogP contribution in [0.15, 0.2) is 12.4 Å². The van der Waals surface area contributed by atoms with E-state index in [-0.39, 0.29) is 11.8 Å². The van der Waals surface area contributed by atoms with Crippen LogP contribution < -0.4 is 5.32 Å². The van der Waals surface area contributed by atoms with Gasteiger partial charge in [0.1, 0.15) is 5.69 Å². The van der Waals surface area contributed by atoms with Gasteiger partial charge in [-0.1, -0.05) is 13.3 Å². The Morgan fingerprint density at radius 1 is 1.17 bits per heavy atom. The second-order valence-electron chi connectivity index (χ2n) is 5.81. The van der Waals surface area contributed by atoms with Crippen molar-refractivity contribution in [1.29, 1.82) is 0 Å². The van der Waals surface area contributed by atoms with Crippen molar-refractivity contribution >= 4 is 11.8 Å². The van der Waals surface area contributed by atoms with Gasteiger partial charge in [0, 0.05) is 38.9 Å². The van der Waals surface area contributed by atoms with Crippen LogP contribution in [0.4, 0.5) is 0 Å². The van der Waals surface area contributed by atoms with Crippen LogP contribution in [0, 0.1) is 6.92 Å². The number of hydrogen-bond acceptors (Lipinski definition) is 5. The number of carbonyl (C=O) groups excluding carboxylic acids is 2. The molecule has 1 aliphatic heterocycles. The molecule has 1 aliphatic rings. The van der Waals surface area contributed by atoms with Crippen molar-refractivity contribution in [1.82, 2.24) is 25.1 Å². The molecule has 0 unspecified atom stereocenters. The minimum Gasteiger partial charge on any atom is -0.355 e. The summed E-state index contributed by atoms with van der Waals surface area (Å²) in [5.41, 5.74) is 1.17. The number of unbranched alkanes of at least 4 members (excludes halogenated alkanes) is 1. The highest BCUT2D eigenvalue weighted by Crippen LogP contribution is 2.06. The summed E-state index contributed by atoms with van der Waals surface area (Å²) in [5.74, 6) is -0.0350. The summed E-state index contributed by atoms with van der Waals surface area (Å²) in [6, 6.07) is 0. The lowest BCUT2D eigenvalue weighted by atomic mass is 10.2. The fourth-order valence-electron chi connectivity index (χ4n) is 2.44. The third-order valence-electron chi connectivity index (χ3n) is 3.88. The normalized spacial score (nSPS) is 15.5. The molecule has 7 nitrogen and oxygen atoms in total. The van der Waals surface area contributed by atoms with Crippen LogP contribution in [-0.4, -0.2) is 70.9 Å². The maximum absolute atomic E-state index is 12.3. The zero-order chi connectivity index (χ0) is 16.7. The van der Waals surface area contributed by atoms with Crippen LogP contribution in [0.1, 0.15) is 35.9 Å². The zero-order valence-corrected chi connectivity index (χ0v) is 13.9. The average Bonchev–Trinajstić information content (AvgIpc) is 2.56. The maximum atomic E-state index is 12.3. The van der Waals surface area contributed by atoms with Gasteiger partial charge in [0.25, 0.3) is 5.91 Å². The molecule has 1 aromatic heterocycles. The topological polar surface area (TPSA) is 78.4 Å². The maximum Gasteiger partial charge on any atom is 0.274 e. The Hall–Kier alpha value is -2.02. The number of amides is 2. The Kier molecular flexibility index (Phi) is 6.46. The van der Waals surface area contributed by atoms with E-state index in [1.54, 1.807) is 11.1 Å². The van der Waals surface area contributed by atoms with E-state index in [9.17, 15) is 9.59 Å². The van der Waals surface area contributed by atoms with Crippen LogP contribution in [0.2, 0.25) is 0 Å². The monoisotopic (exact) mass is 319 g/mol. The Balaban J connectivity index is 1.76. The Morgan fingerprint density at radius 3 is 2.52 bits per heavy atom.